The number of phenols is 1. The molecule has 0 aliphatic carbocycles. The number of benzene rings is 1. The molecular formula is C13H13NO6. The van der Waals surface area contributed by atoms with Gasteiger partial charge in [-0.15, -0.1) is 0 Å². The van der Waals surface area contributed by atoms with Gasteiger partial charge in [0, 0.05) is 13.0 Å². The molecule has 20 heavy (non-hydrogen) atoms. The number of hydrogen-bond donors (Lipinski definition) is 2. The molecular weight excluding hydrogens is 266 g/mol. The van der Waals surface area contributed by atoms with Crippen molar-refractivity contribution in [3.63, 3.8) is 0 Å². The minimum absolute atomic E-state index is 0.0110. The Labute approximate surface area is 114 Å². The number of carboxylic acids is 1. The number of nitrogens with zero attached hydrogens (tertiary/aromatic N) is 1. The summed E-state index contributed by atoms with van der Waals surface area (Å²) in [6.45, 7) is -0.0110. The monoisotopic (exact) mass is 279 g/mol. The molecule has 1 fully saturated rings. The lowest BCUT2D eigenvalue weighted by Crippen LogP contribution is -2.27. The Kier molecular flexibility index (Phi) is 3.60. The van der Waals surface area contributed by atoms with E-state index in [0.29, 0.717) is 0 Å². The highest BCUT2D eigenvalue weighted by Crippen LogP contribution is 2.31. The third kappa shape index (κ3) is 2.42. The minimum atomic E-state index is -1.06. The van der Waals surface area contributed by atoms with E-state index in [1.165, 1.54) is 30.2 Å². The third-order valence-corrected chi connectivity index (χ3v) is 3.15. The summed E-state index contributed by atoms with van der Waals surface area (Å²) in [5.74, 6) is -3.09. The van der Waals surface area contributed by atoms with Crippen molar-refractivity contribution in [2.75, 3.05) is 18.6 Å². The van der Waals surface area contributed by atoms with E-state index in [-0.39, 0.29) is 35.9 Å². The molecule has 1 aromatic carbocycles. The Morgan fingerprint density at radius 3 is 2.65 bits per heavy atom. The van der Waals surface area contributed by atoms with Gasteiger partial charge in [-0.05, 0) is 18.2 Å². The van der Waals surface area contributed by atoms with E-state index in [0.717, 1.165) is 0 Å². The van der Waals surface area contributed by atoms with Crippen LogP contribution in [-0.2, 0) is 14.3 Å². The molecule has 1 unspecified atom stereocenters. The molecule has 0 aromatic heterocycles. The van der Waals surface area contributed by atoms with Gasteiger partial charge in [-0.2, -0.15) is 0 Å². The van der Waals surface area contributed by atoms with Crippen LogP contribution >= 0.6 is 0 Å². The lowest BCUT2D eigenvalue weighted by Gasteiger charge is -2.19. The Bertz CT molecular complexity index is 582. The van der Waals surface area contributed by atoms with Crippen molar-refractivity contribution in [2.45, 2.75) is 6.42 Å². The van der Waals surface area contributed by atoms with Gasteiger partial charge in [0.2, 0.25) is 5.91 Å². The molecule has 1 aromatic rings. The number of carbonyl (C=O) groups is 3. The summed E-state index contributed by atoms with van der Waals surface area (Å²) in [5.41, 5.74) is 0.260. The van der Waals surface area contributed by atoms with Gasteiger partial charge in [0.15, 0.2) is 0 Å². The smallest absolute Gasteiger partial charge is 0.340 e. The zero-order valence-corrected chi connectivity index (χ0v) is 10.7. The van der Waals surface area contributed by atoms with Gasteiger partial charge in [-0.25, -0.2) is 4.79 Å². The minimum Gasteiger partial charge on any atom is -0.508 e. The van der Waals surface area contributed by atoms with Crippen LogP contribution in [-0.4, -0.2) is 41.7 Å². The Balaban J connectivity index is 2.40. The molecule has 1 heterocycles. The topological polar surface area (TPSA) is 104 Å². The normalized spacial score (nSPS) is 18.1. The molecule has 106 valence electrons. The van der Waals surface area contributed by atoms with Gasteiger partial charge in [-0.3, -0.25) is 9.59 Å². The molecule has 0 saturated carbocycles. The number of carbonyl (C=O) groups excluding carboxylic acids is 2. The zero-order valence-electron chi connectivity index (χ0n) is 10.7. The van der Waals surface area contributed by atoms with E-state index in [9.17, 15) is 19.5 Å². The van der Waals surface area contributed by atoms with Crippen LogP contribution in [0.15, 0.2) is 18.2 Å². The highest BCUT2D eigenvalue weighted by atomic mass is 16.5. The quantitative estimate of drug-likeness (QED) is 0.786. The molecule has 1 amide bonds. The van der Waals surface area contributed by atoms with Gasteiger partial charge in [0.1, 0.15) is 5.75 Å². The first kappa shape index (κ1) is 13.9. The second-order valence-electron chi connectivity index (χ2n) is 4.44. The molecule has 1 aliphatic rings. The number of anilines is 1. The second kappa shape index (κ2) is 5.20. The SMILES string of the molecule is COC(=O)c1cc(O)ccc1N1CC(C(=O)O)CC1=O. The number of carboxylic acid groups (broad SMARTS) is 1. The van der Waals surface area contributed by atoms with Gasteiger partial charge >= 0.3 is 11.9 Å². The number of hydrogen-bond acceptors (Lipinski definition) is 5. The number of amides is 1. The van der Waals surface area contributed by atoms with Gasteiger partial charge in [0.25, 0.3) is 0 Å². The number of aromatic hydroxyl groups is 1. The summed E-state index contributed by atoms with van der Waals surface area (Å²) in [7, 11) is 1.18. The predicted molar refractivity (Wildman–Crippen MR) is 67.5 cm³/mol. The molecule has 7 heteroatoms. The van der Waals surface area contributed by atoms with Crippen LogP contribution in [0.3, 0.4) is 0 Å². The molecule has 1 aliphatic heterocycles. The Hall–Kier alpha value is -2.57. The molecule has 1 atom stereocenters. The predicted octanol–water partition coefficient (Wildman–Crippen LogP) is 0.616. The molecule has 0 bridgehead atoms. The summed E-state index contributed by atoms with van der Waals surface area (Å²) < 4.78 is 4.60. The maximum atomic E-state index is 11.9. The van der Waals surface area contributed by atoms with Crippen molar-refractivity contribution < 1.29 is 29.3 Å². The first-order valence-corrected chi connectivity index (χ1v) is 5.88. The average molecular weight is 279 g/mol. The largest absolute Gasteiger partial charge is 0.508 e. The Morgan fingerprint density at radius 1 is 1.40 bits per heavy atom. The van der Waals surface area contributed by atoms with E-state index in [1.54, 1.807) is 0 Å². The summed E-state index contributed by atoms with van der Waals surface area (Å²) in [6.07, 6.45) is -0.114. The number of rotatable bonds is 3. The van der Waals surface area contributed by atoms with E-state index in [1.807, 2.05) is 0 Å². The van der Waals surface area contributed by atoms with E-state index < -0.39 is 17.9 Å². The van der Waals surface area contributed by atoms with Crippen molar-refractivity contribution in [1.82, 2.24) is 0 Å². The second-order valence-corrected chi connectivity index (χ2v) is 4.44. The highest BCUT2D eigenvalue weighted by molar-refractivity contribution is 6.05. The number of methoxy groups -OCH3 is 1. The van der Waals surface area contributed by atoms with E-state index in [2.05, 4.69) is 4.74 Å². The van der Waals surface area contributed by atoms with Crippen LogP contribution in [0.25, 0.3) is 0 Å². The lowest BCUT2D eigenvalue weighted by molar-refractivity contribution is -0.141. The zero-order chi connectivity index (χ0) is 14.9. The van der Waals surface area contributed by atoms with Crippen molar-refractivity contribution >= 4 is 23.5 Å². The van der Waals surface area contributed by atoms with Crippen molar-refractivity contribution in [3.05, 3.63) is 23.8 Å². The fourth-order valence-corrected chi connectivity index (χ4v) is 2.14. The average Bonchev–Trinajstić information content (AvgIpc) is 2.80. The highest BCUT2D eigenvalue weighted by Gasteiger charge is 2.36. The van der Waals surface area contributed by atoms with Crippen molar-refractivity contribution in [1.29, 1.82) is 0 Å². The maximum absolute atomic E-state index is 11.9. The van der Waals surface area contributed by atoms with Crippen LogP contribution < -0.4 is 4.90 Å². The first-order valence-electron chi connectivity index (χ1n) is 5.88. The molecule has 2 N–H and O–H groups in total. The van der Waals surface area contributed by atoms with Crippen LogP contribution in [0.5, 0.6) is 5.75 Å². The van der Waals surface area contributed by atoms with Crippen molar-refractivity contribution in [2.24, 2.45) is 5.92 Å². The summed E-state index contributed by atoms with van der Waals surface area (Å²) in [5, 5.41) is 18.4. The van der Waals surface area contributed by atoms with Crippen LogP contribution in [0.4, 0.5) is 5.69 Å². The van der Waals surface area contributed by atoms with Gasteiger partial charge in [-0.1, -0.05) is 0 Å². The molecule has 2 rings (SSSR count). The molecule has 0 spiro atoms. The molecule has 1 saturated heterocycles. The standard InChI is InChI=1S/C13H13NO6/c1-20-13(19)9-5-8(15)2-3-10(9)14-6-7(12(17)18)4-11(14)16/h2-3,5,7,15H,4,6H2,1H3,(H,17,18). The van der Waals surface area contributed by atoms with E-state index in [4.69, 9.17) is 5.11 Å². The summed E-state index contributed by atoms with van der Waals surface area (Å²) in [4.78, 5) is 35.7. The summed E-state index contributed by atoms with van der Waals surface area (Å²) >= 11 is 0. The number of esters is 1. The van der Waals surface area contributed by atoms with Crippen LogP contribution in [0.1, 0.15) is 16.8 Å². The van der Waals surface area contributed by atoms with Crippen LogP contribution in [0, 0.1) is 5.92 Å². The van der Waals surface area contributed by atoms with Gasteiger partial charge in [0.05, 0.1) is 24.3 Å². The third-order valence-electron chi connectivity index (χ3n) is 3.15. The Morgan fingerprint density at radius 2 is 2.10 bits per heavy atom. The molecule has 7 nitrogen and oxygen atoms in total. The fraction of sp³-hybridized carbons (Fsp3) is 0.308. The van der Waals surface area contributed by atoms with Crippen LogP contribution in [0.2, 0.25) is 0 Å². The van der Waals surface area contributed by atoms with Gasteiger partial charge < -0.3 is 19.8 Å². The number of phenolic OH excluding ortho intramolecular Hbond substituents is 1. The molecule has 0 radical (unpaired) electrons. The summed E-state index contributed by atoms with van der Waals surface area (Å²) in [6, 6.07) is 3.90. The van der Waals surface area contributed by atoms with E-state index >= 15 is 0 Å². The number of ether oxygens (including phenoxy) is 1. The fourth-order valence-electron chi connectivity index (χ4n) is 2.14. The number of aliphatic carboxylic acids is 1. The lowest BCUT2D eigenvalue weighted by atomic mass is 10.1. The van der Waals surface area contributed by atoms with Crippen molar-refractivity contribution in [3.8, 4) is 5.75 Å². The first-order chi connectivity index (χ1) is 9.43. The maximum Gasteiger partial charge on any atom is 0.340 e.